The molecule has 0 spiro atoms. The first-order chi connectivity index (χ1) is 13.2. The predicted octanol–water partition coefficient (Wildman–Crippen LogP) is 0.304. The molecule has 3 aliphatic rings. The van der Waals surface area contributed by atoms with Crippen LogP contribution in [0.4, 0.5) is 5.82 Å². The van der Waals surface area contributed by atoms with Crippen molar-refractivity contribution < 1.29 is 9.53 Å². The SMILES string of the molecule is COc1ccc(N2CCN(CC(=O)N3CCN(C4CCC4)CC3)CC2)nn1. The van der Waals surface area contributed by atoms with E-state index < -0.39 is 0 Å². The Hall–Kier alpha value is -1.93. The Labute approximate surface area is 161 Å². The highest BCUT2D eigenvalue weighted by atomic mass is 16.5. The van der Waals surface area contributed by atoms with Gasteiger partial charge in [0.15, 0.2) is 5.82 Å². The number of amides is 1. The minimum Gasteiger partial charge on any atom is -0.480 e. The molecule has 4 rings (SSSR count). The second-order valence-electron chi connectivity index (χ2n) is 7.70. The molecule has 0 unspecified atom stereocenters. The number of carbonyl (C=O) groups is 1. The molecule has 2 aliphatic heterocycles. The van der Waals surface area contributed by atoms with Gasteiger partial charge in [0.2, 0.25) is 11.8 Å². The first-order valence-electron chi connectivity index (χ1n) is 10.1. The molecule has 0 N–H and O–H groups in total. The van der Waals surface area contributed by atoms with Gasteiger partial charge in [-0.3, -0.25) is 14.6 Å². The number of rotatable bonds is 5. The zero-order chi connectivity index (χ0) is 18.6. The van der Waals surface area contributed by atoms with Crippen molar-refractivity contribution >= 4 is 11.7 Å². The van der Waals surface area contributed by atoms with Crippen LogP contribution >= 0.6 is 0 Å². The minimum atomic E-state index is 0.279. The van der Waals surface area contributed by atoms with Crippen LogP contribution in [0.25, 0.3) is 0 Å². The number of carbonyl (C=O) groups excluding carboxylic acids is 1. The molecule has 8 heteroatoms. The molecule has 1 amide bonds. The maximum atomic E-state index is 12.7. The zero-order valence-corrected chi connectivity index (χ0v) is 16.2. The third-order valence-electron chi connectivity index (χ3n) is 6.15. The van der Waals surface area contributed by atoms with Crippen molar-refractivity contribution in [3.63, 3.8) is 0 Å². The predicted molar refractivity (Wildman–Crippen MR) is 103 cm³/mol. The molecule has 148 valence electrons. The van der Waals surface area contributed by atoms with Crippen molar-refractivity contribution in [1.82, 2.24) is 24.9 Å². The molecular formula is C19H30N6O2. The maximum Gasteiger partial charge on any atom is 0.236 e. The largest absolute Gasteiger partial charge is 0.480 e. The van der Waals surface area contributed by atoms with Gasteiger partial charge in [-0.1, -0.05) is 6.42 Å². The topological polar surface area (TPSA) is 65.0 Å². The molecule has 1 saturated carbocycles. The number of piperazine rings is 2. The summed E-state index contributed by atoms with van der Waals surface area (Å²) in [6, 6.07) is 4.56. The molecule has 1 aromatic heterocycles. The van der Waals surface area contributed by atoms with E-state index in [9.17, 15) is 4.79 Å². The van der Waals surface area contributed by atoms with Gasteiger partial charge in [-0.25, -0.2) is 0 Å². The smallest absolute Gasteiger partial charge is 0.236 e. The van der Waals surface area contributed by atoms with Crippen molar-refractivity contribution in [2.24, 2.45) is 0 Å². The second kappa shape index (κ2) is 8.39. The lowest BCUT2D eigenvalue weighted by Gasteiger charge is -2.43. The Morgan fingerprint density at radius 1 is 1.04 bits per heavy atom. The molecule has 0 aromatic carbocycles. The molecular weight excluding hydrogens is 344 g/mol. The van der Waals surface area contributed by atoms with Crippen LogP contribution in [-0.4, -0.2) is 103 Å². The summed E-state index contributed by atoms with van der Waals surface area (Å²) in [5, 5.41) is 8.26. The molecule has 0 radical (unpaired) electrons. The van der Waals surface area contributed by atoms with E-state index in [4.69, 9.17) is 4.74 Å². The molecule has 1 aromatic rings. The maximum absolute atomic E-state index is 12.7. The van der Waals surface area contributed by atoms with E-state index >= 15 is 0 Å². The Morgan fingerprint density at radius 2 is 1.78 bits per heavy atom. The van der Waals surface area contributed by atoms with Crippen LogP contribution in [0.15, 0.2) is 12.1 Å². The monoisotopic (exact) mass is 374 g/mol. The van der Waals surface area contributed by atoms with Crippen LogP contribution < -0.4 is 9.64 Å². The average molecular weight is 374 g/mol. The van der Waals surface area contributed by atoms with Crippen LogP contribution in [-0.2, 0) is 4.79 Å². The highest BCUT2D eigenvalue weighted by Gasteiger charge is 2.30. The van der Waals surface area contributed by atoms with Gasteiger partial charge >= 0.3 is 0 Å². The average Bonchev–Trinajstić information content (AvgIpc) is 2.68. The Morgan fingerprint density at radius 3 is 2.33 bits per heavy atom. The van der Waals surface area contributed by atoms with Crippen molar-refractivity contribution in [2.75, 3.05) is 70.9 Å². The van der Waals surface area contributed by atoms with Crippen LogP contribution in [0.1, 0.15) is 19.3 Å². The minimum absolute atomic E-state index is 0.279. The summed E-state index contributed by atoms with van der Waals surface area (Å²) in [5.74, 6) is 1.68. The van der Waals surface area contributed by atoms with Crippen molar-refractivity contribution in [3.8, 4) is 5.88 Å². The highest BCUT2D eigenvalue weighted by molar-refractivity contribution is 5.78. The molecule has 1 aliphatic carbocycles. The van der Waals surface area contributed by atoms with Crippen LogP contribution in [0.2, 0.25) is 0 Å². The van der Waals surface area contributed by atoms with Gasteiger partial charge in [-0.15, -0.1) is 10.2 Å². The summed E-state index contributed by atoms with van der Waals surface area (Å²) in [6.07, 6.45) is 4.06. The molecule has 3 heterocycles. The Kier molecular flexibility index (Phi) is 5.73. The Balaban J connectivity index is 1.20. The molecule has 8 nitrogen and oxygen atoms in total. The number of hydrogen-bond acceptors (Lipinski definition) is 7. The summed E-state index contributed by atoms with van der Waals surface area (Å²) in [6.45, 7) is 7.87. The third kappa shape index (κ3) is 4.32. The van der Waals surface area contributed by atoms with Crippen molar-refractivity contribution in [3.05, 3.63) is 12.1 Å². The van der Waals surface area contributed by atoms with Gasteiger partial charge in [0.05, 0.1) is 13.7 Å². The molecule has 2 saturated heterocycles. The van der Waals surface area contributed by atoms with E-state index in [2.05, 4.69) is 29.8 Å². The first-order valence-corrected chi connectivity index (χ1v) is 10.1. The fraction of sp³-hybridized carbons (Fsp3) is 0.737. The van der Waals surface area contributed by atoms with Crippen LogP contribution in [0.3, 0.4) is 0 Å². The van der Waals surface area contributed by atoms with E-state index in [-0.39, 0.29) is 5.91 Å². The number of nitrogens with zero attached hydrogens (tertiary/aromatic N) is 6. The van der Waals surface area contributed by atoms with Gasteiger partial charge in [-0.05, 0) is 18.9 Å². The summed E-state index contributed by atoms with van der Waals surface area (Å²) < 4.78 is 5.06. The third-order valence-corrected chi connectivity index (χ3v) is 6.15. The Bertz CT molecular complexity index is 620. The highest BCUT2D eigenvalue weighted by Crippen LogP contribution is 2.25. The number of anilines is 1. The second-order valence-corrected chi connectivity index (χ2v) is 7.70. The number of hydrogen-bond donors (Lipinski definition) is 0. The van der Waals surface area contributed by atoms with E-state index in [0.29, 0.717) is 12.4 Å². The fourth-order valence-electron chi connectivity index (χ4n) is 4.11. The van der Waals surface area contributed by atoms with Gasteiger partial charge in [-0.2, -0.15) is 0 Å². The molecule has 3 fully saturated rings. The number of methoxy groups -OCH3 is 1. The van der Waals surface area contributed by atoms with Crippen LogP contribution in [0.5, 0.6) is 5.88 Å². The van der Waals surface area contributed by atoms with E-state index in [1.54, 1.807) is 7.11 Å². The van der Waals surface area contributed by atoms with Gasteiger partial charge in [0.25, 0.3) is 0 Å². The van der Waals surface area contributed by atoms with E-state index in [1.165, 1.54) is 19.3 Å². The van der Waals surface area contributed by atoms with Gasteiger partial charge < -0.3 is 14.5 Å². The first kappa shape index (κ1) is 18.4. The fourth-order valence-corrected chi connectivity index (χ4v) is 4.11. The van der Waals surface area contributed by atoms with Crippen molar-refractivity contribution in [1.29, 1.82) is 0 Å². The lowest BCUT2D eigenvalue weighted by atomic mass is 9.91. The number of ether oxygens (including phenoxy) is 1. The summed E-state index contributed by atoms with van der Waals surface area (Å²) >= 11 is 0. The summed E-state index contributed by atoms with van der Waals surface area (Å²) in [4.78, 5) is 21.8. The summed E-state index contributed by atoms with van der Waals surface area (Å²) in [5.41, 5.74) is 0. The molecule has 0 atom stereocenters. The van der Waals surface area contributed by atoms with Gasteiger partial charge in [0.1, 0.15) is 0 Å². The van der Waals surface area contributed by atoms with Gasteiger partial charge in [0, 0.05) is 64.5 Å². The zero-order valence-electron chi connectivity index (χ0n) is 16.2. The van der Waals surface area contributed by atoms with E-state index in [1.807, 2.05) is 12.1 Å². The number of aromatic nitrogens is 2. The molecule has 27 heavy (non-hydrogen) atoms. The molecule has 0 bridgehead atoms. The lowest BCUT2D eigenvalue weighted by molar-refractivity contribution is -0.134. The van der Waals surface area contributed by atoms with Crippen LogP contribution in [0, 0.1) is 0 Å². The normalized spacial score (nSPS) is 22.6. The van der Waals surface area contributed by atoms with Crippen molar-refractivity contribution in [2.45, 2.75) is 25.3 Å². The van der Waals surface area contributed by atoms with E-state index in [0.717, 1.165) is 64.2 Å². The summed E-state index contributed by atoms with van der Waals surface area (Å²) in [7, 11) is 1.59. The standard InChI is InChI=1S/C19H30N6O2/c1-27-18-6-5-17(20-21-18)24-9-7-22(8-10-24)15-19(26)25-13-11-23(12-14-25)16-3-2-4-16/h5-6,16H,2-4,7-15H2,1H3. The lowest BCUT2D eigenvalue weighted by Crippen LogP contribution is -2.56. The quantitative estimate of drug-likeness (QED) is 0.735.